The van der Waals surface area contributed by atoms with Gasteiger partial charge in [-0.3, -0.25) is 4.90 Å². The lowest BCUT2D eigenvalue weighted by atomic mass is 10.2. The number of aromatic nitrogens is 1. The molecule has 6 nitrogen and oxygen atoms in total. The van der Waals surface area contributed by atoms with Crippen LogP contribution in [-0.4, -0.2) is 72.2 Å². The molecule has 0 aliphatic rings. The highest BCUT2D eigenvalue weighted by Crippen LogP contribution is 2.21. The Kier molecular flexibility index (Phi) is 10.1. The Bertz CT molecular complexity index is 965. The first kappa shape index (κ1) is 25.8. The summed E-state index contributed by atoms with van der Waals surface area (Å²) in [6.07, 6.45) is 1.10. The Morgan fingerprint density at radius 3 is 2.72 bits per heavy atom. The molecule has 1 heterocycles. The summed E-state index contributed by atoms with van der Waals surface area (Å²) in [7, 11) is 4.12. The van der Waals surface area contributed by atoms with Crippen LogP contribution >= 0.6 is 11.3 Å². The summed E-state index contributed by atoms with van der Waals surface area (Å²) in [6, 6.07) is 5.22. The molecule has 0 atom stereocenters. The van der Waals surface area contributed by atoms with Crippen molar-refractivity contribution in [3.05, 3.63) is 45.2 Å². The lowest BCUT2D eigenvalue weighted by molar-refractivity contribution is 0.0690. The van der Waals surface area contributed by atoms with Gasteiger partial charge in [-0.1, -0.05) is 11.8 Å². The number of hydrogen-bond donors (Lipinski definition) is 1. The molecule has 1 aromatic carbocycles. The molecule has 8 heteroatoms. The van der Waals surface area contributed by atoms with E-state index in [0.717, 1.165) is 18.1 Å². The Labute approximate surface area is 194 Å². The maximum atomic E-state index is 14.4. The second kappa shape index (κ2) is 12.5. The average Bonchev–Trinajstić information content (AvgIpc) is 3.11. The molecule has 174 valence electrons. The highest BCUT2D eigenvalue weighted by atomic mass is 32.1. The number of hydrogen-bond acceptors (Lipinski definition) is 6. The number of thiazole rings is 1. The van der Waals surface area contributed by atoms with E-state index in [1.807, 2.05) is 7.05 Å². The number of benzene rings is 1. The van der Waals surface area contributed by atoms with Crippen molar-refractivity contribution in [2.75, 3.05) is 40.3 Å². The van der Waals surface area contributed by atoms with Crippen molar-refractivity contribution in [1.82, 2.24) is 14.8 Å². The lowest BCUT2D eigenvalue weighted by Crippen LogP contribution is -2.34. The first-order valence-electron chi connectivity index (χ1n) is 10.7. The largest absolute Gasteiger partial charge is 0.491 e. The molecule has 0 unspecified atom stereocenters. The molecular formula is C24H32FN3O3S. The summed E-state index contributed by atoms with van der Waals surface area (Å²) >= 11 is 1.37. The van der Waals surface area contributed by atoms with Gasteiger partial charge in [0.05, 0.1) is 18.2 Å². The van der Waals surface area contributed by atoms with Gasteiger partial charge >= 0.3 is 5.97 Å². The number of rotatable bonds is 11. The summed E-state index contributed by atoms with van der Waals surface area (Å²) in [5.41, 5.74) is 0.702. The molecule has 0 bridgehead atoms. The van der Waals surface area contributed by atoms with Crippen LogP contribution in [-0.2, 0) is 6.42 Å². The quantitative estimate of drug-likeness (QED) is 0.404. The number of aryl methyl sites for hydroxylation is 2. The third-order valence-corrected chi connectivity index (χ3v) is 6.07. The SMILES string of the molecule is Cc1nc(C(=O)O)c(CCCOc2ccc(C#CCN(C)CCN(C)C(C)C)cc2F)s1. The van der Waals surface area contributed by atoms with E-state index in [1.165, 1.54) is 17.4 Å². The van der Waals surface area contributed by atoms with Crippen molar-refractivity contribution < 1.29 is 19.0 Å². The van der Waals surface area contributed by atoms with Crippen LogP contribution in [0.4, 0.5) is 4.39 Å². The molecule has 32 heavy (non-hydrogen) atoms. The molecule has 2 aromatic rings. The van der Waals surface area contributed by atoms with E-state index in [-0.39, 0.29) is 18.1 Å². The second-order valence-electron chi connectivity index (χ2n) is 8.02. The molecular weight excluding hydrogens is 429 g/mol. The Balaban J connectivity index is 1.80. The van der Waals surface area contributed by atoms with Gasteiger partial charge in [-0.05, 0) is 65.9 Å². The van der Waals surface area contributed by atoms with E-state index in [9.17, 15) is 14.3 Å². The molecule has 0 aliphatic heterocycles. The van der Waals surface area contributed by atoms with Gasteiger partial charge in [-0.2, -0.15) is 0 Å². The van der Waals surface area contributed by atoms with E-state index in [4.69, 9.17) is 4.74 Å². The van der Waals surface area contributed by atoms with Crippen LogP contribution in [0, 0.1) is 24.6 Å². The predicted molar refractivity (Wildman–Crippen MR) is 126 cm³/mol. The number of nitrogens with zero attached hydrogens (tertiary/aromatic N) is 3. The zero-order valence-electron chi connectivity index (χ0n) is 19.4. The monoisotopic (exact) mass is 461 g/mol. The van der Waals surface area contributed by atoms with Crippen LogP contribution in [0.3, 0.4) is 0 Å². The summed E-state index contributed by atoms with van der Waals surface area (Å²) < 4.78 is 19.9. The first-order valence-corrected chi connectivity index (χ1v) is 11.5. The topological polar surface area (TPSA) is 65.9 Å². The van der Waals surface area contributed by atoms with Crippen molar-refractivity contribution in [3.8, 4) is 17.6 Å². The van der Waals surface area contributed by atoms with Gasteiger partial charge in [0.2, 0.25) is 0 Å². The molecule has 0 saturated heterocycles. The van der Waals surface area contributed by atoms with Crippen molar-refractivity contribution >= 4 is 17.3 Å². The van der Waals surface area contributed by atoms with Crippen molar-refractivity contribution in [1.29, 1.82) is 0 Å². The van der Waals surface area contributed by atoms with Crippen LogP contribution in [0.1, 0.15) is 46.2 Å². The standard InChI is InChI=1S/C24H32FN3O3S/c1-17(2)28(5)14-13-27(4)12-6-8-19-10-11-21(20(25)16-19)31-15-7-9-22-23(24(29)30)26-18(3)32-22/h10-11,16-17H,7,9,12-15H2,1-5H3,(H,29,30). The van der Waals surface area contributed by atoms with E-state index < -0.39 is 11.8 Å². The van der Waals surface area contributed by atoms with E-state index in [2.05, 4.69) is 47.5 Å². The van der Waals surface area contributed by atoms with Gasteiger partial charge in [0.25, 0.3) is 0 Å². The fraction of sp³-hybridized carbons (Fsp3) is 0.500. The highest BCUT2D eigenvalue weighted by molar-refractivity contribution is 7.11. The Morgan fingerprint density at radius 1 is 1.31 bits per heavy atom. The van der Waals surface area contributed by atoms with Crippen LogP contribution in [0.25, 0.3) is 0 Å². The summed E-state index contributed by atoms with van der Waals surface area (Å²) in [4.78, 5) is 20.4. The first-order chi connectivity index (χ1) is 15.2. The van der Waals surface area contributed by atoms with Gasteiger partial charge < -0.3 is 14.7 Å². The zero-order valence-corrected chi connectivity index (χ0v) is 20.3. The van der Waals surface area contributed by atoms with Crippen molar-refractivity contribution in [2.45, 2.75) is 39.7 Å². The fourth-order valence-electron chi connectivity index (χ4n) is 2.86. The molecule has 0 spiro atoms. The van der Waals surface area contributed by atoms with Crippen LogP contribution in [0.5, 0.6) is 5.75 Å². The van der Waals surface area contributed by atoms with Gasteiger partial charge in [0.15, 0.2) is 17.3 Å². The molecule has 2 rings (SSSR count). The molecule has 0 aliphatic carbocycles. The van der Waals surface area contributed by atoms with E-state index >= 15 is 0 Å². The van der Waals surface area contributed by atoms with Crippen molar-refractivity contribution in [3.63, 3.8) is 0 Å². The number of carboxylic acid groups (broad SMARTS) is 1. The maximum absolute atomic E-state index is 14.4. The number of carbonyl (C=O) groups is 1. The number of ether oxygens (including phenoxy) is 1. The smallest absolute Gasteiger partial charge is 0.355 e. The van der Waals surface area contributed by atoms with Gasteiger partial charge in [-0.25, -0.2) is 14.2 Å². The molecule has 1 N–H and O–H groups in total. The molecule has 1 aromatic heterocycles. The molecule has 0 fully saturated rings. The minimum Gasteiger partial charge on any atom is -0.491 e. The fourth-order valence-corrected chi connectivity index (χ4v) is 3.83. The highest BCUT2D eigenvalue weighted by Gasteiger charge is 2.15. The Morgan fingerprint density at radius 2 is 2.06 bits per heavy atom. The number of likely N-dealkylation sites (N-methyl/N-ethyl adjacent to an activating group) is 2. The Hall–Kier alpha value is -2.47. The molecule has 0 amide bonds. The van der Waals surface area contributed by atoms with Gasteiger partial charge in [-0.15, -0.1) is 11.3 Å². The van der Waals surface area contributed by atoms with Crippen LogP contribution in [0.2, 0.25) is 0 Å². The normalized spacial score (nSPS) is 11.2. The van der Waals surface area contributed by atoms with Gasteiger partial charge in [0, 0.05) is 29.6 Å². The maximum Gasteiger partial charge on any atom is 0.355 e. The average molecular weight is 462 g/mol. The molecule has 0 radical (unpaired) electrons. The third kappa shape index (κ3) is 8.23. The number of carboxylic acids is 1. The van der Waals surface area contributed by atoms with Crippen LogP contribution < -0.4 is 4.74 Å². The van der Waals surface area contributed by atoms with Crippen LogP contribution in [0.15, 0.2) is 18.2 Å². The minimum absolute atomic E-state index is 0.0965. The second-order valence-corrected chi connectivity index (χ2v) is 9.31. The third-order valence-electron chi connectivity index (χ3n) is 5.04. The van der Waals surface area contributed by atoms with E-state index in [1.54, 1.807) is 19.1 Å². The summed E-state index contributed by atoms with van der Waals surface area (Å²) in [5, 5.41) is 9.90. The summed E-state index contributed by atoms with van der Waals surface area (Å²) in [6.45, 7) is 8.89. The van der Waals surface area contributed by atoms with Gasteiger partial charge in [0.1, 0.15) is 0 Å². The summed E-state index contributed by atoms with van der Waals surface area (Å²) in [5.74, 6) is 4.77. The zero-order chi connectivity index (χ0) is 23.7. The lowest BCUT2D eigenvalue weighted by Gasteiger charge is -2.23. The van der Waals surface area contributed by atoms with E-state index in [0.29, 0.717) is 35.9 Å². The minimum atomic E-state index is -1.03. The number of halogens is 1. The predicted octanol–water partition coefficient (Wildman–Crippen LogP) is 3.92. The molecule has 0 saturated carbocycles. The number of aromatic carboxylic acids is 1. The van der Waals surface area contributed by atoms with Crippen molar-refractivity contribution in [2.24, 2.45) is 0 Å².